The van der Waals surface area contributed by atoms with E-state index in [4.69, 9.17) is 4.42 Å². The van der Waals surface area contributed by atoms with Gasteiger partial charge in [-0.2, -0.15) is 0 Å². The molecule has 1 atom stereocenters. The molecule has 2 rings (SSSR count). The van der Waals surface area contributed by atoms with Gasteiger partial charge in [-0.05, 0) is 25.3 Å². The highest BCUT2D eigenvalue weighted by molar-refractivity contribution is 7.99. The van der Waals surface area contributed by atoms with Crippen molar-refractivity contribution in [2.24, 2.45) is 0 Å². The van der Waals surface area contributed by atoms with Crippen LogP contribution < -0.4 is 5.32 Å². The first kappa shape index (κ1) is 13.6. The van der Waals surface area contributed by atoms with E-state index in [2.05, 4.69) is 34.7 Å². The van der Waals surface area contributed by atoms with Crippen molar-refractivity contribution in [1.82, 2.24) is 10.3 Å². The Bertz CT molecular complexity index is 460. The Hall–Kier alpha value is -0.780. The summed E-state index contributed by atoms with van der Waals surface area (Å²) in [5, 5.41) is 6.77. The number of nitrogens with one attached hydrogen (secondary N) is 1. The van der Waals surface area contributed by atoms with Crippen LogP contribution in [0.4, 0.5) is 0 Å². The van der Waals surface area contributed by atoms with E-state index in [0.29, 0.717) is 5.25 Å². The Balaban J connectivity index is 1.73. The van der Waals surface area contributed by atoms with Crippen LogP contribution in [0, 0.1) is 13.8 Å². The van der Waals surface area contributed by atoms with Crippen molar-refractivity contribution < 1.29 is 4.42 Å². The second kappa shape index (κ2) is 6.41. The average Bonchev–Trinajstić information content (AvgIpc) is 2.90. The van der Waals surface area contributed by atoms with Gasteiger partial charge in [-0.15, -0.1) is 11.3 Å². The summed E-state index contributed by atoms with van der Waals surface area (Å²) in [5.41, 5.74) is 0.983. The minimum atomic E-state index is 0.447. The monoisotopic (exact) mass is 282 g/mol. The summed E-state index contributed by atoms with van der Waals surface area (Å²) in [6.45, 7) is 7.99. The highest BCUT2D eigenvalue weighted by Gasteiger charge is 2.10. The fourth-order valence-corrected chi connectivity index (χ4v) is 3.10. The smallest absolute Gasteiger partial charge is 0.256 e. The number of aryl methyl sites for hydroxylation is 2. The van der Waals surface area contributed by atoms with Crippen molar-refractivity contribution in [3.63, 3.8) is 0 Å². The number of thiophene rings is 1. The van der Waals surface area contributed by atoms with Crippen LogP contribution in [0.1, 0.15) is 23.3 Å². The number of nitrogens with zero attached hydrogens (tertiary/aromatic N) is 1. The zero-order valence-electron chi connectivity index (χ0n) is 10.9. The molecule has 1 N–H and O–H groups in total. The zero-order valence-corrected chi connectivity index (χ0v) is 12.5. The van der Waals surface area contributed by atoms with Gasteiger partial charge in [0.05, 0.1) is 5.69 Å². The number of thioether (sulfide) groups is 1. The molecule has 0 aromatic carbocycles. The van der Waals surface area contributed by atoms with Crippen LogP contribution in [-0.4, -0.2) is 16.8 Å². The summed E-state index contributed by atoms with van der Waals surface area (Å²) >= 11 is 3.46. The Morgan fingerprint density at radius 2 is 2.33 bits per heavy atom. The maximum absolute atomic E-state index is 5.56. The summed E-state index contributed by atoms with van der Waals surface area (Å²) < 4.78 is 5.56. The van der Waals surface area contributed by atoms with E-state index in [1.807, 2.05) is 13.8 Å². The molecule has 0 aliphatic rings. The molecule has 0 radical (unpaired) electrons. The number of oxazole rings is 1. The molecule has 0 fully saturated rings. The van der Waals surface area contributed by atoms with Gasteiger partial charge in [0.15, 0.2) is 0 Å². The summed E-state index contributed by atoms with van der Waals surface area (Å²) in [4.78, 5) is 5.75. The Morgan fingerprint density at radius 3 is 2.94 bits per heavy atom. The van der Waals surface area contributed by atoms with Crippen LogP contribution in [0.5, 0.6) is 0 Å². The van der Waals surface area contributed by atoms with Gasteiger partial charge >= 0.3 is 0 Å². The van der Waals surface area contributed by atoms with Gasteiger partial charge < -0.3 is 9.73 Å². The SMILES string of the molecule is Cc1nc(SC(C)CNCc2cccs2)oc1C. The molecular weight excluding hydrogens is 264 g/mol. The van der Waals surface area contributed by atoms with E-state index in [0.717, 1.165) is 29.8 Å². The molecule has 2 heterocycles. The highest BCUT2D eigenvalue weighted by Crippen LogP contribution is 2.24. The van der Waals surface area contributed by atoms with Crippen molar-refractivity contribution in [2.75, 3.05) is 6.54 Å². The first-order valence-corrected chi connectivity index (χ1v) is 7.75. The quantitative estimate of drug-likeness (QED) is 0.821. The number of hydrogen-bond acceptors (Lipinski definition) is 5. The van der Waals surface area contributed by atoms with Crippen molar-refractivity contribution in [3.05, 3.63) is 33.8 Å². The minimum Gasteiger partial charge on any atom is -0.437 e. The molecule has 0 saturated heterocycles. The lowest BCUT2D eigenvalue weighted by molar-refractivity contribution is 0.430. The van der Waals surface area contributed by atoms with E-state index >= 15 is 0 Å². The van der Waals surface area contributed by atoms with E-state index in [-0.39, 0.29) is 0 Å². The lowest BCUT2D eigenvalue weighted by Gasteiger charge is -2.09. The largest absolute Gasteiger partial charge is 0.437 e. The van der Waals surface area contributed by atoms with Crippen molar-refractivity contribution in [2.45, 2.75) is 37.8 Å². The molecule has 5 heteroatoms. The third-order valence-electron chi connectivity index (χ3n) is 2.62. The molecule has 0 aliphatic carbocycles. The zero-order chi connectivity index (χ0) is 13.0. The van der Waals surface area contributed by atoms with Gasteiger partial charge in [0.1, 0.15) is 5.76 Å². The van der Waals surface area contributed by atoms with Gasteiger partial charge in [-0.1, -0.05) is 24.8 Å². The van der Waals surface area contributed by atoms with Crippen LogP contribution in [0.3, 0.4) is 0 Å². The van der Waals surface area contributed by atoms with Crippen molar-refractivity contribution in [1.29, 1.82) is 0 Å². The maximum Gasteiger partial charge on any atom is 0.256 e. The maximum atomic E-state index is 5.56. The van der Waals surface area contributed by atoms with Crippen molar-refractivity contribution in [3.8, 4) is 0 Å². The van der Waals surface area contributed by atoms with Gasteiger partial charge in [0, 0.05) is 23.2 Å². The summed E-state index contributed by atoms with van der Waals surface area (Å²) in [6, 6.07) is 4.23. The Labute approximate surface area is 116 Å². The molecule has 0 aliphatic heterocycles. The van der Waals surface area contributed by atoms with Gasteiger partial charge in [0.2, 0.25) is 0 Å². The first-order valence-electron chi connectivity index (χ1n) is 5.99. The van der Waals surface area contributed by atoms with Gasteiger partial charge in [-0.3, -0.25) is 0 Å². The summed E-state index contributed by atoms with van der Waals surface area (Å²) in [6.07, 6.45) is 0. The molecule has 98 valence electrons. The second-order valence-corrected chi connectivity index (χ2v) is 6.68. The lowest BCUT2D eigenvalue weighted by atomic mass is 10.4. The number of aromatic nitrogens is 1. The Morgan fingerprint density at radius 1 is 1.50 bits per heavy atom. The van der Waals surface area contributed by atoms with E-state index < -0.39 is 0 Å². The van der Waals surface area contributed by atoms with Gasteiger partial charge in [0.25, 0.3) is 5.22 Å². The van der Waals surface area contributed by atoms with Gasteiger partial charge in [-0.25, -0.2) is 4.98 Å². The van der Waals surface area contributed by atoms with Crippen LogP contribution in [0.15, 0.2) is 27.2 Å². The van der Waals surface area contributed by atoms with Crippen LogP contribution in [0.2, 0.25) is 0 Å². The average molecular weight is 282 g/mol. The molecule has 0 amide bonds. The van der Waals surface area contributed by atoms with Crippen molar-refractivity contribution >= 4 is 23.1 Å². The molecular formula is C13H18N2OS2. The molecule has 0 saturated carbocycles. The van der Waals surface area contributed by atoms with Crippen LogP contribution in [-0.2, 0) is 6.54 Å². The molecule has 3 nitrogen and oxygen atoms in total. The predicted molar refractivity (Wildman–Crippen MR) is 77.3 cm³/mol. The van der Waals surface area contributed by atoms with E-state index in [1.54, 1.807) is 23.1 Å². The van der Waals surface area contributed by atoms with E-state index in [9.17, 15) is 0 Å². The summed E-state index contributed by atoms with van der Waals surface area (Å²) in [5.74, 6) is 0.913. The number of rotatable bonds is 6. The minimum absolute atomic E-state index is 0.447. The molecule has 1 unspecified atom stereocenters. The number of hydrogen-bond donors (Lipinski definition) is 1. The third kappa shape index (κ3) is 3.86. The van der Waals surface area contributed by atoms with E-state index in [1.165, 1.54) is 4.88 Å². The molecule has 0 spiro atoms. The summed E-state index contributed by atoms with van der Waals surface area (Å²) in [7, 11) is 0. The molecule has 2 aromatic heterocycles. The molecule has 18 heavy (non-hydrogen) atoms. The topological polar surface area (TPSA) is 38.1 Å². The molecule has 2 aromatic rings. The fourth-order valence-electron chi connectivity index (χ4n) is 1.52. The lowest BCUT2D eigenvalue weighted by Crippen LogP contribution is -2.21. The third-order valence-corrected chi connectivity index (χ3v) is 4.44. The van der Waals surface area contributed by atoms with Crippen LogP contribution >= 0.6 is 23.1 Å². The standard InChI is InChI=1S/C13H18N2OS2/c1-9(7-14-8-12-5-4-6-17-12)18-13-15-10(2)11(3)16-13/h4-6,9,14H,7-8H2,1-3H3. The fraction of sp³-hybridized carbons (Fsp3) is 0.462. The predicted octanol–water partition coefficient (Wildman–Crippen LogP) is 3.62. The highest BCUT2D eigenvalue weighted by atomic mass is 32.2. The normalized spacial score (nSPS) is 12.8. The second-order valence-electron chi connectivity index (χ2n) is 4.26. The first-order chi connectivity index (χ1) is 8.65. The molecule has 0 bridgehead atoms. The Kier molecular flexibility index (Phi) is 4.86. The van der Waals surface area contributed by atoms with Crippen LogP contribution in [0.25, 0.3) is 0 Å².